The van der Waals surface area contributed by atoms with Crippen molar-refractivity contribution in [3.05, 3.63) is 48.6 Å². The molecule has 0 bridgehead atoms. The zero-order valence-corrected chi connectivity index (χ0v) is 14.6. The van der Waals surface area contributed by atoms with Crippen LogP contribution in [0, 0.1) is 0 Å². The molecule has 0 aromatic carbocycles. The number of carboxylic acids is 1. The Labute approximate surface area is 145 Å². The van der Waals surface area contributed by atoms with E-state index in [1.807, 2.05) is 24.3 Å². The fraction of sp³-hybridized carbons (Fsp3) is 0.500. The van der Waals surface area contributed by atoms with Gasteiger partial charge in [-0.25, -0.2) is 0 Å². The van der Waals surface area contributed by atoms with E-state index in [4.69, 9.17) is 5.11 Å². The average Bonchev–Trinajstić information content (AvgIpc) is 2.53. The Morgan fingerprint density at radius 2 is 1.67 bits per heavy atom. The van der Waals surface area contributed by atoms with Crippen LogP contribution in [0.4, 0.5) is 0 Å². The van der Waals surface area contributed by atoms with Crippen molar-refractivity contribution in [2.75, 3.05) is 0 Å². The van der Waals surface area contributed by atoms with E-state index in [0.29, 0.717) is 6.42 Å². The molecule has 24 heavy (non-hydrogen) atoms. The van der Waals surface area contributed by atoms with Crippen LogP contribution in [0.2, 0.25) is 0 Å². The molecule has 1 atom stereocenters. The minimum Gasteiger partial charge on any atom is -0.481 e. The first-order valence-corrected chi connectivity index (χ1v) is 8.65. The summed E-state index contributed by atoms with van der Waals surface area (Å²) < 4.78 is 0. The second-order valence-electron chi connectivity index (χ2n) is 5.61. The van der Waals surface area contributed by atoms with Crippen molar-refractivity contribution in [1.82, 2.24) is 0 Å². The maximum Gasteiger partial charge on any atom is 0.303 e. The summed E-state index contributed by atoms with van der Waals surface area (Å²) in [5.41, 5.74) is 0. The van der Waals surface area contributed by atoms with Gasteiger partial charge in [0.1, 0.15) is 0 Å². The summed E-state index contributed by atoms with van der Waals surface area (Å²) >= 11 is 0. The highest BCUT2D eigenvalue weighted by Crippen LogP contribution is 2.04. The van der Waals surface area contributed by atoms with Crippen LogP contribution >= 0.6 is 0 Å². The van der Waals surface area contributed by atoms with Crippen molar-refractivity contribution in [3.63, 3.8) is 0 Å². The predicted octanol–water partition coefficient (Wildman–Crippen LogP) is 4.37. The number of rotatable bonds is 14. The number of hydrogen-bond donors (Lipinski definition) is 2. The zero-order valence-electron chi connectivity index (χ0n) is 14.6. The van der Waals surface area contributed by atoms with Gasteiger partial charge in [0.15, 0.2) is 5.78 Å². The molecule has 0 amide bonds. The van der Waals surface area contributed by atoms with Gasteiger partial charge >= 0.3 is 5.97 Å². The van der Waals surface area contributed by atoms with Crippen molar-refractivity contribution < 1.29 is 19.8 Å². The normalized spacial score (nSPS) is 13.6. The highest BCUT2D eigenvalue weighted by molar-refractivity contribution is 5.90. The number of carbonyl (C=O) groups is 2. The van der Waals surface area contributed by atoms with Crippen LogP contribution in [0.3, 0.4) is 0 Å². The van der Waals surface area contributed by atoms with Gasteiger partial charge < -0.3 is 10.2 Å². The molecule has 4 heteroatoms. The lowest BCUT2D eigenvalue weighted by Crippen LogP contribution is -2.00. The summed E-state index contributed by atoms with van der Waals surface area (Å²) in [6.45, 7) is 2.14. The number of unbranched alkanes of at least 4 members (excludes halogenated alkanes) is 2. The number of aliphatic hydroxyl groups is 1. The lowest BCUT2D eigenvalue weighted by molar-refractivity contribution is -0.137. The van der Waals surface area contributed by atoms with Gasteiger partial charge in [0, 0.05) is 12.8 Å². The molecule has 0 aromatic heterocycles. The van der Waals surface area contributed by atoms with Gasteiger partial charge in [-0.3, -0.25) is 9.59 Å². The molecule has 0 aliphatic carbocycles. The minimum absolute atomic E-state index is 0.0288. The molecule has 134 valence electrons. The third-order valence-electron chi connectivity index (χ3n) is 3.30. The van der Waals surface area contributed by atoms with E-state index < -0.39 is 5.97 Å². The predicted molar refractivity (Wildman–Crippen MR) is 97.8 cm³/mol. The van der Waals surface area contributed by atoms with Crippen molar-refractivity contribution >= 4 is 11.8 Å². The maximum atomic E-state index is 11.4. The van der Waals surface area contributed by atoms with E-state index in [0.717, 1.165) is 32.1 Å². The smallest absolute Gasteiger partial charge is 0.303 e. The first-order chi connectivity index (χ1) is 11.6. The molecule has 0 radical (unpaired) electrons. The molecule has 0 fully saturated rings. The van der Waals surface area contributed by atoms with Crippen molar-refractivity contribution in [2.45, 2.75) is 64.4 Å². The largest absolute Gasteiger partial charge is 0.481 e. The van der Waals surface area contributed by atoms with E-state index in [1.165, 1.54) is 6.08 Å². The van der Waals surface area contributed by atoms with Gasteiger partial charge in [-0.15, -0.1) is 0 Å². The fourth-order valence-corrected chi connectivity index (χ4v) is 1.95. The standard InChI is InChI=1S/C20H30O4/c1-2-3-9-13-18(21)14-10-7-5-4-6-8-11-15-19(22)16-12-17-20(23)24/h5-8,10-11,14-15,18,21H,2-4,9,12-13,16-17H2,1H3,(H,23,24)/b7-5-,8-6-,14-10-,15-11+/t18-/m0/s1. The van der Waals surface area contributed by atoms with Crippen LogP contribution in [0.25, 0.3) is 0 Å². The molecule has 0 saturated heterocycles. The highest BCUT2D eigenvalue weighted by atomic mass is 16.4. The highest BCUT2D eigenvalue weighted by Gasteiger charge is 2.00. The third kappa shape index (κ3) is 16.4. The topological polar surface area (TPSA) is 74.6 Å². The van der Waals surface area contributed by atoms with E-state index in [-0.39, 0.29) is 24.7 Å². The molecule has 4 nitrogen and oxygen atoms in total. The molecule has 0 rings (SSSR count). The van der Waals surface area contributed by atoms with Gasteiger partial charge in [-0.2, -0.15) is 0 Å². The van der Waals surface area contributed by atoms with E-state index in [9.17, 15) is 14.7 Å². The van der Waals surface area contributed by atoms with Gasteiger partial charge in [-0.1, -0.05) is 68.7 Å². The quantitative estimate of drug-likeness (QED) is 0.281. The number of carbonyl (C=O) groups excluding carboxylic acids is 1. The molecule has 0 aliphatic heterocycles. The number of ketones is 1. The lowest BCUT2D eigenvalue weighted by Gasteiger charge is -2.02. The van der Waals surface area contributed by atoms with E-state index in [1.54, 1.807) is 18.2 Å². The zero-order chi connectivity index (χ0) is 18.0. The minimum atomic E-state index is -0.874. The van der Waals surface area contributed by atoms with Crippen LogP contribution in [-0.2, 0) is 9.59 Å². The van der Waals surface area contributed by atoms with E-state index in [2.05, 4.69) is 6.92 Å². The summed E-state index contributed by atoms with van der Waals surface area (Å²) in [4.78, 5) is 21.7. The number of aliphatic hydroxyl groups excluding tert-OH is 1. The Balaban J connectivity index is 3.78. The van der Waals surface area contributed by atoms with Gasteiger partial charge in [-0.05, 0) is 25.3 Å². The van der Waals surface area contributed by atoms with Crippen LogP contribution in [0.5, 0.6) is 0 Å². The van der Waals surface area contributed by atoms with Crippen molar-refractivity contribution in [3.8, 4) is 0 Å². The van der Waals surface area contributed by atoms with Crippen LogP contribution in [-0.4, -0.2) is 28.1 Å². The van der Waals surface area contributed by atoms with E-state index >= 15 is 0 Å². The van der Waals surface area contributed by atoms with Gasteiger partial charge in [0.05, 0.1) is 6.10 Å². The second-order valence-corrected chi connectivity index (χ2v) is 5.61. The molecule has 2 N–H and O–H groups in total. The Morgan fingerprint density at radius 3 is 2.33 bits per heavy atom. The summed E-state index contributed by atoms with van der Waals surface area (Å²) in [5, 5.41) is 18.2. The number of aliphatic carboxylic acids is 1. The van der Waals surface area contributed by atoms with Crippen molar-refractivity contribution in [2.24, 2.45) is 0 Å². The molecular weight excluding hydrogens is 304 g/mol. The van der Waals surface area contributed by atoms with Crippen LogP contribution in [0.1, 0.15) is 58.3 Å². The Bertz CT molecular complexity index is 458. The summed E-state index contributed by atoms with van der Waals surface area (Å²) in [5.74, 6) is -0.933. The number of allylic oxidation sites excluding steroid dienone is 7. The number of carboxylic acid groups (broad SMARTS) is 1. The van der Waals surface area contributed by atoms with Crippen LogP contribution < -0.4 is 0 Å². The molecule has 0 spiro atoms. The summed E-state index contributed by atoms with van der Waals surface area (Å²) in [6.07, 6.45) is 19.6. The van der Waals surface area contributed by atoms with Gasteiger partial charge in [0.25, 0.3) is 0 Å². The lowest BCUT2D eigenvalue weighted by atomic mass is 10.1. The van der Waals surface area contributed by atoms with Crippen molar-refractivity contribution in [1.29, 1.82) is 0 Å². The molecule has 0 unspecified atom stereocenters. The monoisotopic (exact) mass is 334 g/mol. The first kappa shape index (κ1) is 22.1. The Kier molecular flexibility index (Phi) is 14.6. The van der Waals surface area contributed by atoms with Crippen LogP contribution in [0.15, 0.2) is 48.6 Å². The molecular formula is C20H30O4. The number of hydrogen-bond acceptors (Lipinski definition) is 3. The maximum absolute atomic E-state index is 11.4. The Hall–Kier alpha value is -1.94. The SMILES string of the molecule is CCCCC[C@H](O)/C=C\C=C/C/C=C\C=C\C(=O)CCCC(=O)O. The third-order valence-corrected chi connectivity index (χ3v) is 3.30. The molecule has 0 aliphatic rings. The fourth-order valence-electron chi connectivity index (χ4n) is 1.95. The Morgan fingerprint density at radius 1 is 0.958 bits per heavy atom. The summed E-state index contributed by atoms with van der Waals surface area (Å²) in [6, 6.07) is 0. The molecule has 0 aromatic rings. The molecule has 0 saturated carbocycles. The summed E-state index contributed by atoms with van der Waals surface area (Å²) in [7, 11) is 0. The second kappa shape index (κ2) is 15.9. The molecule has 0 heterocycles. The first-order valence-electron chi connectivity index (χ1n) is 8.65. The average molecular weight is 334 g/mol. The van der Waals surface area contributed by atoms with Gasteiger partial charge in [0.2, 0.25) is 0 Å².